The van der Waals surface area contributed by atoms with Crippen LogP contribution in [0.4, 0.5) is 4.79 Å². The van der Waals surface area contributed by atoms with Gasteiger partial charge in [0, 0.05) is 12.4 Å². The topological polar surface area (TPSA) is 44.1 Å². The summed E-state index contributed by atoms with van der Waals surface area (Å²) in [6.07, 6.45) is 5.90. The van der Waals surface area contributed by atoms with Gasteiger partial charge in [0.1, 0.15) is 12.4 Å². The van der Waals surface area contributed by atoms with Gasteiger partial charge >= 0.3 is 6.09 Å². The minimum absolute atomic E-state index is 0.00917. The quantitative estimate of drug-likeness (QED) is 0.718. The second kappa shape index (κ2) is 4.64. The Balaban J connectivity index is 2.50. The van der Waals surface area contributed by atoms with Crippen molar-refractivity contribution in [1.29, 1.82) is 0 Å². The van der Waals surface area contributed by atoms with Gasteiger partial charge in [0.15, 0.2) is 0 Å². The van der Waals surface area contributed by atoms with Crippen molar-refractivity contribution in [2.75, 3.05) is 0 Å². The van der Waals surface area contributed by atoms with Crippen LogP contribution in [-0.4, -0.2) is 21.7 Å². The minimum Gasteiger partial charge on any atom is -0.446 e. The molecule has 1 aromatic rings. The highest BCUT2D eigenvalue weighted by atomic mass is 16.6. The molecular weight excluding hydrogens is 168 g/mol. The van der Waals surface area contributed by atoms with Crippen LogP contribution in [0.2, 0.25) is 0 Å². The number of imidazole rings is 1. The molecule has 0 spiro atoms. The van der Waals surface area contributed by atoms with Gasteiger partial charge in [-0.15, -0.1) is 0 Å². The van der Waals surface area contributed by atoms with E-state index in [-0.39, 0.29) is 12.2 Å². The predicted octanol–water partition coefficient (Wildman–Crippen LogP) is 2.06. The highest BCUT2D eigenvalue weighted by Gasteiger charge is 2.11. The molecule has 1 heterocycles. The van der Waals surface area contributed by atoms with Gasteiger partial charge in [-0.25, -0.2) is 14.3 Å². The fourth-order valence-electron chi connectivity index (χ4n) is 1.03. The van der Waals surface area contributed by atoms with Crippen molar-refractivity contribution >= 4 is 6.09 Å². The molecule has 0 radical (unpaired) electrons. The lowest BCUT2D eigenvalue weighted by Gasteiger charge is -2.13. The zero-order chi connectivity index (χ0) is 9.68. The smallest absolute Gasteiger partial charge is 0.419 e. The third kappa shape index (κ3) is 2.57. The molecule has 0 unspecified atom stereocenters. The van der Waals surface area contributed by atoms with Crippen molar-refractivity contribution < 1.29 is 9.53 Å². The first kappa shape index (κ1) is 9.77. The van der Waals surface area contributed by atoms with Crippen LogP contribution in [0.1, 0.15) is 26.7 Å². The molecule has 72 valence electrons. The van der Waals surface area contributed by atoms with E-state index in [1.54, 1.807) is 12.4 Å². The first-order valence-electron chi connectivity index (χ1n) is 4.46. The molecule has 0 fully saturated rings. The van der Waals surface area contributed by atoms with E-state index in [2.05, 4.69) is 4.98 Å². The number of rotatable bonds is 3. The summed E-state index contributed by atoms with van der Waals surface area (Å²) in [6, 6.07) is 0. The van der Waals surface area contributed by atoms with Crippen molar-refractivity contribution in [3.8, 4) is 0 Å². The van der Waals surface area contributed by atoms with Crippen molar-refractivity contribution in [2.24, 2.45) is 0 Å². The van der Waals surface area contributed by atoms with Gasteiger partial charge in [-0.3, -0.25) is 0 Å². The van der Waals surface area contributed by atoms with Crippen molar-refractivity contribution in [1.82, 2.24) is 9.55 Å². The van der Waals surface area contributed by atoms with Crippen LogP contribution in [0.25, 0.3) is 0 Å². The normalized spacial score (nSPS) is 10.4. The highest BCUT2D eigenvalue weighted by Crippen LogP contribution is 2.04. The number of ether oxygens (including phenoxy) is 1. The maximum Gasteiger partial charge on any atom is 0.419 e. The Morgan fingerprint density at radius 3 is 2.69 bits per heavy atom. The predicted molar refractivity (Wildman–Crippen MR) is 48.5 cm³/mol. The van der Waals surface area contributed by atoms with Gasteiger partial charge in [-0.1, -0.05) is 13.8 Å². The van der Waals surface area contributed by atoms with E-state index in [9.17, 15) is 4.79 Å². The summed E-state index contributed by atoms with van der Waals surface area (Å²) in [4.78, 5) is 15.1. The van der Waals surface area contributed by atoms with Crippen LogP contribution in [0.5, 0.6) is 0 Å². The van der Waals surface area contributed by atoms with Crippen molar-refractivity contribution in [2.45, 2.75) is 32.8 Å². The van der Waals surface area contributed by atoms with E-state index < -0.39 is 0 Å². The van der Waals surface area contributed by atoms with E-state index >= 15 is 0 Å². The second-order valence-electron chi connectivity index (χ2n) is 2.79. The van der Waals surface area contributed by atoms with Gasteiger partial charge in [0.25, 0.3) is 0 Å². The molecular formula is C9H14N2O2. The SMILES string of the molecule is CCC(CC)OC(=O)n1ccnc1. The number of carbonyl (C=O) groups excluding carboxylic acids is 1. The van der Waals surface area contributed by atoms with E-state index in [1.165, 1.54) is 10.9 Å². The average Bonchev–Trinajstić information content (AvgIpc) is 2.66. The Bertz CT molecular complexity index is 253. The van der Waals surface area contributed by atoms with Crippen LogP contribution in [0, 0.1) is 0 Å². The van der Waals surface area contributed by atoms with Crippen LogP contribution < -0.4 is 0 Å². The highest BCUT2D eigenvalue weighted by molar-refractivity contribution is 5.70. The number of nitrogens with zero attached hydrogens (tertiary/aromatic N) is 2. The fraction of sp³-hybridized carbons (Fsp3) is 0.556. The summed E-state index contributed by atoms with van der Waals surface area (Å²) in [6.45, 7) is 3.99. The van der Waals surface area contributed by atoms with Crippen LogP contribution in [-0.2, 0) is 4.74 Å². The van der Waals surface area contributed by atoms with Crippen LogP contribution >= 0.6 is 0 Å². The molecule has 0 saturated carbocycles. The molecule has 0 aliphatic carbocycles. The molecule has 1 aromatic heterocycles. The van der Waals surface area contributed by atoms with E-state index in [0.29, 0.717) is 0 Å². The molecule has 0 saturated heterocycles. The van der Waals surface area contributed by atoms with Crippen molar-refractivity contribution in [3.05, 3.63) is 18.7 Å². The van der Waals surface area contributed by atoms with E-state index in [4.69, 9.17) is 4.74 Å². The molecule has 0 N–H and O–H groups in total. The second-order valence-corrected chi connectivity index (χ2v) is 2.79. The molecule has 4 nitrogen and oxygen atoms in total. The maximum absolute atomic E-state index is 11.3. The Morgan fingerprint density at radius 1 is 1.54 bits per heavy atom. The molecule has 4 heteroatoms. The number of aromatic nitrogens is 2. The molecule has 13 heavy (non-hydrogen) atoms. The zero-order valence-corrected chi connectivity index (χ0v) is 7.93. The third-order valence-corrected chi connectivity index (χ3v) is 1.89. The number of hydrogen-bond acceptors (Lipinski definition) is 3. The van der Waals surface area contributed by atoms with Gasteiger partial charge in [-0.05, 0) is 12.8 Å². The summed E-state index contributed by atoms with van der Waals surface area (Å²) in [5.41, 5.74) is 0. The Labute approximate surface area is 77.5 Å². The largest absolute Gasteiger partial charge is 0.446 e. The monoisotopic (exact) mass is 182 g/mol. The lowest BCUT2D eigenvalue weighted by Crippen LogP contribution is -2.20. The molecule has 0 aliphatic rings. The van der Waals surface area contributed by atoms with Crippen molar-refractivity contribution in [3.63, 3.8) is 0 Å². The number of carbonyl (C=O) groups is 1. The molecule has 0 atom stereocenters. The summed E-state index contributed by atoms with van der Waals surface area (Å²) < 4.78 is 6.51. The lowest BCUT2D eigenvalue weighted by molar-refractivity contribution is 0.0942. The summed E-state index contributed by atoms with van der Waals surface area (Å²) in [5.74, 6) is 0. The average molecular weight is 182 g/mol. The third-order valence-electron chi connectivity index (χ3n) is 1.89. The molecule has 0 amide bonds. The first-order valence-corrected chi connectivity index (χ1v) is 4.46. The van der Waals surface area contributed by atoms with E-state index in [0.717, 1.165) is 12.8 Å². The summed E-state index contributed by atoms with van der Waals surface area (Å²) in [5, 5.41) is 0. The molecule has 1 rings (SSSR count). The number of hydrogen-bond donors (Lipinski definition) is 0. The van der Waals surface area contributed by atoms with Gasteiger partial charge in [-0.2, -0.15) is 0 Å². The summed E-state index contributed by atoms with van der Waals surface area (Å²) in [7, 11) is 0. The summed E-state index contributed by atoms with van der Waals surface area (Å²) >= 11 is 0. The molecule has 0 bridgehead atoms. The standard InChI is InChI=1S/C9H14N2O2/c1-3-8(4-2)13-9(12)11-6-5-10-7-11/h5-8H,3-4H2,1-2H3. The Morgan fingerprint density at radius 2 is 2.23 bits per heavy atom. The molecule has 0 aliphatic heterocycles. The van der Waals surface area contributed by atoms with Gasteiger partial charge < -0.3 is 4.74 Å². The van der Waals surface area contributed by atoms with Gasteiger partial charge in [0.2, 0.25) is 0 Å². The zero-order valence-electron chi connectivity index (χ0n) is 7.93. The Kier molecular flexibility index (Phi) is 3.49. The van der Waals surface area contributed by atoms with Crippen LogP contribution in [0.3, 0.4) is 0 Å². The molecule has 0 aromatic carbocycles. The first-order chi connectivity index (χ1) is 6.27. The lowest BCUT2D eigenvalue weighted by atomic mass is 10.2. The van der Waals surface area contributed by atoms with E-state index in [1.807, 2.05) is 13.8 Å². The minimum atomic E-state index is -0.355. The Hall–Kier alpha value is -1.32. The fourth-order valence-corrected chi connectivity index (χ4v) is 1.03. The van der Waals surface area contributed by atoms with Crippen LogP contribution in [0.15, 0.2) is 18.7 Å². The van der Waals surface area contributed by atoms with Gasteiger partial charge in [0.05, 0.1) is 0 Å². The maximum atomic E-state index is 11.3.